The summed E-state index contributed by atoms with van der Waals surface area (Å²) in [6, 6.07) is 3.66. The van der Waals surface area contributed by atoms with E-state index in [2.05, 4.69) is 5.32 Å². The van der Waals surface area contributed by atoms with Crippen molar-refractivity contribution in [3.63, 3.8) is 0 Å². The number of fused-ring (bicyclic) bond motifs is 1. The average molecular weight is 320 g/mol. The lowest BCUT2D eigenvalue weighted by Gasteiger charge is -2.33. The van der Waals surface area contributed by atoms with Gasteiger partial charge in [0.25, 0.3) is 0 Å². The Hall–Kier alpha value is -1.95. The van der Waals surface area contributed by atoms with Gasteiger partial charge >= 0.3 is 0 Å². The Kier molecular flexibility index (Phi) is 4.35. The molecular formula is C17H21FN2O3. The second-order valence-corrected chi connectivity index (χ2v) is 6.42. The first kappa shape index (κ1) is 15.9. The van der Waals surface area contributed by atoms with E-state index in [1.807, 2.05) is 0 Å². The zero-order valence-corrected chi connectivity index (χ0v) is 13.1. The summed E-state index contributed by atoms with van der Waals surface area (Å²) in [4.78, 5) is 26.2. The van der Waals surface area contributed by atoms with E-state index < -0.39 is 12.1 Å². The third-order valence-corrected chi connectivity index (χ3v) is 4.49. The summed E-state index contributed by atoms with van der Waals surface area (Å²) in [5, 5.41) is 12.5. The zero-order valence-electron chi connectivity index (χ0n) is 13.1. The minimum absolute atomic E-state index is 0.0276. The van der Waals surface area contributed by atoms with Crippen molar-refractivity contribution < 1.29 is 19.1 Å². The molecule has 1 aromatic carbocycles. The number of nitrogens with one attached hydrogen (secondary N) is 1. The molecule has 0 aromatic heterocycles. The van der Waals surface area contributed by atoms with Crippen LogP contribution in [0.2, 0.25) is 0 Å². The molecule has 0 spiro atoms. The minimum Gasteiger partial charge on any atom is -0.391 e. The first-order chi connectivity index (χ1) is 11.0. The van der Waals surface area contributed by atoms with E-state index >= 15 is 0 Å². The highest BCUT2D eigenvalue weighted by atomic mass is 19.1. The quantitative estimate of drug-likeness (QED) is 0.869. The Labute approximate surface area is 134 Å². The number of hydrogen-bond donors (Lipinski definition) is 2. The van der Waals surface area contributed by atoms with E-state index in [1.54, 1.807) is 11.0 Å². The van der Waals surface area contributed by atoms with Gasteiger partial charge in [-0.2, -0.15) is 0 Å². The van der Waals surface area contributed by atoms with Gasteiger partial charge in [0.1, 0.15) is 11.9 Å². The molecule has 2 unspecified atom stereocenters. The van der Waals surface area contributed by atoms with Crippen molar-refractivity contribution >= 4 is 11.8 Å². The number of aliphatic hydroxyl groups is 1. The van der Waals surface area contributed by atoms with Crippen molar-refractivity contribution in [1.29, 1.82) is 0 Å². The predicted molar refractivity (Wildman–Crippen MR) is 81.9 cm³/mol. The monoisotopic (exact) mass is 320 g/mol. The second kappa shape index (κ2) is 6.28. The average Bonchev–Trinajstić information content (AvgIpc) is 3.35. The molecule has 2 N–H and O–H groups in total. The molecule has 3 rings (SSSR count). The Bertz CT molecular complexity index is 628. The molecule has 2 aliphatic rings. The normalized spacial score (nSPS) is 19.7. The summed E-state index contributed by atoms with van der Waals surface area (Å²) in [5.74, 6) is -0.844. The molecule has 1 fully saturated rings. The maximum Gasteiger partial charge on any atom is 0.248 e. The van der Waals surface area contributed by atoms with E-state index in [0.717, 1.165) is 24.0 Å². The first-order valence-electron chi connectivity index (χ1n) is 8.00. The number of aliphatic hydroxyl groups excluding tert-OH is 1. The SMILES string of the molecule is CC(O)C(NC(=O)C1CC1)C(=O)N1CCc2ccc(F)cc2C1. The third-order valence-electron chi connectivity index (χ3n) is 4.49. The predicted octanol–water partition coefficient (Wildman–Crippen LogP) is 0.986. The summed E-state index contributed by atoms with van der Waals surface area (Å²) in [7, 11) is 0. The number of amides is 2. The van der Waals surface area contributed by atoms with Crippen LogP contribution in [-0.4, -0.2) is 40.5 Å². The van der Waals surface area contributed by atoms with Crippen molar-refractivity contribution in [2.45, 2.75) is 44.9 Å². The summed E-state index contributed by atoms with van der Waals surface area (Å²) >= 11 is 0. The van der Waals surface area contributed by atoms with Gasteiger partial charge in [0.2, 0.25) is 11.8 Å². The lowest BCUT2D eigenvalue weighted by atomic mass is 9.98. The van der Waals surface area contributed by atoms with Crippen LogP contribution in [0.15, 0.2) is 18.2 Å². The van der Waals surface area contributed by atoms with Crippen LogP contribution < -0.4 is 5.32 Å². The minimum atomic E-state index is -0.973. The summed E-state index contributed by atoms with van der Waals surface area (Å²) in [5.41, 5.74) is 1.81. The van der Waals surface area contributed by atoms with E-state index in [4.69, 9.17) is 0 Å². The Morgan fingerprint density at radius 1 is 1.35 bits per heavy atom. The molecule has 1 saturated carbocycles. The van der Waals surface area contributed by atoms with Crippen LogP contribution in [0.25, 0.3) is 0 Å². The smallest absolute Gasteiger partial charge is 0.248 e. The van der Waals surface area contributed by atoms with Gasteiger partial charge in [-0.25, -0.2) is 4.39 Å². The van der Waals surface area contributed by atoms with Gasteiger partial charge in [0, 0.05) is 19.0 Å². The number of carbonyl (C=O) groups is 2. The summed E-state index contributed by atoms with van der Waals surface area (Å²) in [6.45, 7) is 2.29. The highest BCUT2D eigenvalue weighted by Crippen LogP contribution is 2.29. The van der Waals surface area contributed by atoms with Crippen molar-refractivity contribution in [3.8, 4) is 0 Å². The van der Waals surface area contributed by atoms with Crippen LogP contribution in [0.1, 0.15) is 30.9 Å². The molecule has 23 heavy (non-hydrogen) atoms. The Balaban J connectivity index is 1.71. The molecule has 1 aliphatic heterocycles. The molecule has 6 heteroatoms. The Morgan fingerprint density at radius 2 is 2.09 bits per heavy atom. The molecular weight excluding hydrogens is 299 g/mol. The van der Waals surface area contributed by atoms with Crippen LogP contribution in [0, 0.1) is 11.7 Å². The van der Waals surface area contributed by atoms with Crippen molar-refractivity contribution in [2.24, 2.45) is 5.92 Å². The zero-order chi connectivity index (χ0) is 16.6. The van der Waals surface area contributed by atoms with Crippen molar-refractivity contribution in [1.82, 2.24) is 10.2 Å². The third kappa shape index (κ3) is 3.52. The topological polar surface area (TPSA) is 69.6 Å². The van der Waals surface area contributed by atoms with Gasteiger partial charge in [-0.1, -0.05) is 6.07 Å². The number of nitrogens with zero attached hydrogens (tertiary/aromatic N) is 1. The molecule has 5 nitrogen and oxygen atoms in total. The molecule has 1 aromatic rings. The number of hydrogen-bond acceptors (Lipinski definition) is 3. The molecule has 2 amide bonds. The van der Waals surface area contributed by atoms with Gasteiger partial charge in [0.05, 0.1) is 6.10 Å². The van der Waals surface area contributed by atoms with Crippen LogP contribution in [0.3, 0.4) is 0 Å². The molecule has 1 heterocycles. The van der Waals surface area contributed by atoms with Crippen LogP contribution in [-0.2, 0) is 22.6 Å². The largest absolute Gasteiger partial charge is 0.391 e. The standard InChI is InChI=1S/C17H21FN2O3/c1-10(21)15(19-16(22)12-2-3-12)17(23)20-7-6-11-4-5-14(18)8-13(11)9-20/h4-5,8,10,12,15,21H,2-3,6-7,9H2,1H3,(H,19,22). The number of benzene rings is 1. The first-order valence-corrected chi connectivity index (χ1v) is 8.00. The number of carbonyl (C=O) groups excluding carboxylic acids is 2. The van der Waals surface area contributed by atoms with Gasteiger partial charge in [-0.15, -0.1) is 0 Å². The van der Waals surface area contributed by atoms with Gasteiger partial charge in [0.15, 0.2) is 0 Å². The lowest BCUT2D eigenvalue weighted by Crippen LogP contribution is -2.54. The number of halogens is 1. The van der Waals surface area contributed by atoms with Crippen LogP contribution >= 0.6 is 0 Å². The van der Waals surface area contributed by atoms with Gasteiger partial charge in [-0.3, -0.25) is 9.59 Å². The highest BCUT2D eigenvalue weighted by molar-refractivity contribution is 5.90. The van der Waals surface area contributed by atoms with E-state index in [9.17, 15) is 19.1 Å². The fourth-order valence-electron chi connectivity index (χ4n) is 2.92. The molecule has 2 atom stereocenters. The van der Waals surface area contributed by atoms with Crippen LogP contribution in [0.5, 0.6) is 0 Å². The molecule has 0 saturated heterocycles. The van der Waals surface area contributed by atoms with Crippen molar-refractivity contribution in [3.05, 3.63) is 35.1 Å². The molecule has 124 valence electrons. The highest BCUT2D eigenvalue weighted by Gasteiger charge is 2.36. The van der Waals surface area contributed by atoms with Crippen molar-refractivity contribution in [2.75, 3.05) is 6.54 Å². The number of rotatable bonds is 4. The summed E-state index contributed by atoms with van der Waals surface area (Å²) < 4.78 is 13.4. The lowest BCUT2D eigenvalue weighted by molar-refractivity contribution is -0.140. The maximum absolute atomic E-state index is 13.4. The fraction of sp³-hybridized carbons (Fsp3) is 0.529. The summed E-state index contributed by atoms with van der Waals surface area (Å²) in [6.07, 6.45) is 1.34. The van der Waals surface area contributed by atoms with E-state index in [-0.39, 0.29) is 23.5 Å². The maximum atomic E-state index is 13.4. The molecule has 0 radical (unpaired) electrons. The van der Waals surface area contributed by atoms with E-state index in [0.29, 0.717) is 19.5 Å². The Morgan fingerprint density at radius 3 is 2.74 bits per heavy atom. The van der Waals surface area contributed by atoms with Gasteiger partial charge < -0.3 is 15.3 Å². The fourth-order valence-corrected chi connectivity index (χ4v) is 2.92. The van der Waals surface area contributed by atoms with Crippen LogP contribution in [0.4, 0.5) is 4.39 Å². The molecule has 0 bridgehead atoms. The molecule has 1 aliphatic carbocycles. The van der Waals surface area contributed by atoms with E-state index in [1.165, 1.54) is 19.1 Å². The van der Waals surface area contributed by atoms with Gasteiger partial charge in [-0.05, 0) is 49.4 Å². The second-order valence-electron chi connectivity index (χ2n) is 6.42.